The highest BCUT2D eigenvalue weighted by molar-refractivity contribution is 8.00. The lowest BCUT2D eigenvalue weighted by molar-refractivity contribution is -0.123. The van der Waals surface area contributed by atoms with Gasteiger partial charge in [-0.2, -0.15) is 5.10 Å². The second-order valence-corrected chi connectivity index (χ2v) is 11.8. The highest BCUT2D eigenvalue weighted by Crippen LogP contribution is 2.48. The van der Waals surface area contributed by atoms with Crippen molar-refractivity contribution in [2.75, 3.05) is 17.2 Å². The molecule has 0 saturated carbocycles. The number of nitrogens with one attached hydrogen (secondary N) is 1. The van der Waals surface area contributed by atoms with Crippen molar-refractivity contribution in [2.45, 2.75) is 38.0 Å². The lowest BCUT2D eigenvalue weighted by Crippen LogP contribution is -2.42. The molecule has 0 unspecified atom stereocenters. The Morgan fingerprint density at radius 3 is 2.56 bits per heavy atom. The van der Waals surface area contributed by atoms with E-state index in [2.05, 4.69) is 5.32 Å². The molecule has 5 rings (SSSR count). The van der Waals surface area contributed by atoms with Crippen molar-refractivity contribution in [3.05, 3.63) is 100 Å². The first-order chi connectivity index (χ1) is 18.6. The highest BCUT2D eigenvalue weighted by Gasteiger charge is 2.40. The molecule has 1 aliphatic rings. The van der Waals surface area contributed by atoms with Gasteiger partial charge in [0.15, 0.2) is 0 Å². The van der Waals surface area contributed by atoms with Gasteiger partial charge in [-0.3, -0.25) is 14.5 Å². The van der Waals surface area contributed by atoms with Crippen molar-refractivity contribution < 1.29 is 18.4 Å². The van der Waals surface area contributed by atoms with Crippen LogP contribution in [0.15, 0.2) is 71.3 Å². The molecule has 1 atom stereocenters. The van der Waals surface area contributed by atoms with Crippen molar-refractivity contribution >= 4 is 41.0 Å². The molecule has 2 aromatic heterocycles. The van der Waals surface area contributed by atoms with Crippen LogP contribution in [-0.2, 0) is 21.5 Å². The van der Waals surface area contributed by atoms with Gasteiger partial charge < -0.3 is 9.73 Å². The summed E-state index contributed by atoms with van der Waals surface area (Å²) in [5.74, 6) is 0.271. The van der Waals surface area contributed by atoms with Crippen molar-refractivity contribution in [3.8, 4) is 5.69 Å². The second-order valence-electron chi connectivity index (χ2n) is 10.3. The number of rotatable bonds is 6. The number of hydrogen-bond donors (Lipinski definition) is 1. The molecule has 1 aliphatic heterocycles. The largest absolute Gasteiger partial charge is 0.467 e. The molecule has 202 valence electrons. The standard InChI is InChI=1S/C29H28ClFN4O3S/c1-29(2,3)27-25-26(18-10-12-19(31)13-11-18)39-17-24(37)34(16-23(36)32-15-20-7-6-14-38-20)28(25)35(33-27)22-9-5-4-8-21(22)30/h4-14,26H,15-17H2,1-3H3,(H,32,36)/t26-/m1/s1. The molecule has 0 bridgehead atoms. The monoisotopic (exact) mass is 566 g/mol. The summed E-state index contributed by atoms with van der Waals surface area (Å²) in [5, 5.41) is 7.97. The smallest absolute Gasteiger partial charge is 0.240 e. The number of aromatic nitrogens is 2. The molecule has 2 amide bonds. The van der Waals surface area contributed by atoms with Gasteiger partial charge in [-0.1, -0.05) is 56.6 Å². The summed E-state index contributed by atoms with van der Waals surface area (Å²) in [6.07, 6.45) is 1.54. The van der Waals surface area contributed by atoms with Gasteiger partial charge in [-0.05, 0) is 42.0 Å². The van der Waals surface area contributed by atoms with E-state index < -0.39 is 5.41 Å². The molecule has 0 saturated heterocycles. The number of carbonyl (C=O) groups excluding carboxylic acids is 2. The molecule has 0 radical (unpaired) electrons. The second kappa shape index (κ2) is 10.9. The maximum absolute atomic E-state index is 13.9. The number of anilines is 1. The van der Waals surface area contributed by atoms with E-state index in [-0.39, 0.29) is 41.7 Å². The van der Waals surface area contributed by atoms with Gasteiger partial charge in [0.2, 0.25) is 11.8 Å². The van der Waals surface area contributed by atoms with Crippen molar-refractivity contribution in [1.29, 1.82) is 0 Å². The predicted octanol–water partition coefficient (Wildman–Crippen LogP) is 6.04. The van der Waals surface area contributed by atoms with Gasteiger partial charge in [0, 0.05) is 11.0 Å². The van der Waals surface area contributed by atoms with Crippen LogP contribution in [0.3, 0.4) is 0 Å². The first kappa shape index (κ1) is 27.0. The van der Waals surface area contributed by atoms with Gasteiger partial charge in [0.05, 0.1) is 40.2 Å². The van der Waals surface area contributed by atoms with E-state index in [0.717, 1.165) is 16.8 Å². The first-order valence-electron chi connectivity index (χ1n) is 12.5. The fourth-order valence-corrected chi connectivity index (χ4v) is 5.98. The number of carbonyl (C=O) groups is 2. The molecular formula is C29H28ClFN4O3S. The summed E-state index contributed by atoms with van der Waals surface area (Å²) >= 11 is 8.06. The Bertz CT molecular complexity index is 1500. The van der Waals surface area contributed by atoms with Crippen molar-refractivity contribution in [1.82, 2.24) is 15.1 Å². The molecule has 2 aromatic carbocycles. The van der Waals surface area contributed by atoms with Crippen molar-refractivity contribution in [3.63, 3.8) is 0 Å². The minimum absolute atomic E-state index is 0.119. The third-order valence-electron chi connectivity index (χ3n) is 6.39. The first-order valence-corrected chi connectivity index (χ1v) is 13.9. The zero-order valence-electron chi connectivity index (χ0n) is 21.8. The molecule has 4 aromatic rings. The van der Waals surface area contributed by atoms with Crippen LogP contribution in [0.5, 0.6) is 0 Å². The summed E-state index contributed by atoms with van der Waals surface area (Å²) < 4.78 is 20.8. The SMILES string of the molecule is CC(C)(C)c1nn(-c2ccccc2Cl)c2c1[C@@H](c1ccc(F)cc1)SCC(=O)N2CC(=O)NCc1ccco1. The van der Waals surface area contributed by atoms with E-state index in [0.29, 0.717) is 22.3 Å². The summed E-state index contributed by atoms with van der Waals surface area (Å²) in [6, 6.07) is 17.0. The summed E-state index contributed by atoms with van der Waals surface area (Å²) in [5.41, 5.74) is 2.56. The molecule has 39 heavy (non-hydrogen) atoms. The van der Waals surface area contributed by atoms with Crippen LogP contribution in [0.1, 0.15) is 48.6 Å². The quantitative estimate of drug-likeness (QED) is 0.308. The number of hydrogen-bond acceptors (Lipinski definition) is 5. The Balaban J connectivity index is 1.68. The van der Waals surface area contributed by atoms with E-state index in [1.807, 2.05) is 39.0 Å². The third kappa shape index (κ3) is 5.60. The number of furan rings is 1. The predicted molar refractivity (Wildman–Crippen MR) is 151 cm³/mol. The number of nitrogens with zero attached hydrogens (tertiary/aromatic N) is 3. The molecule has 0 aliphatic carbocycles. The Labute approximate surface area is 235 Å². The molecule has 0 spiro atoms. The Morgan fingerprint density at radius 2 is 1.90 bits per heavy atom. The molecule has 10 heteroatoms. The van der Waals surface area contributed by atoms with E-state index in [9.17, 15) is 14.0 Å². The average molecular weight is 567 g/mol. The number of thioether (sulfide) groups is 1. The number of fused-ring (bicyclic) bond motifs is 1. The van der Waals surface area contributed by atoms with Crippen LogP contribution < -0.4 is 10.2 Å². The third-order valence-corrected chi connectivity index (χ3v) is 7.97. The highest BCUT2D eigenvalue weighted by atomic mass is 35.5. The van der Waals surface area contributed by atoms with Crippen LogP contribution in [0.4, 0.5) is 10.2 Å². The normalized spacial score (nSPS) is 15.7. The molecule has 0 fully saturated rings. The number of para-hydroxylation sites is 1. The fraction of sp³-hybridized carbons (Fsp3) is 0.276. The van der Waals surface area contributed by atoms with Crippen LogP contribution in [-0.4, -0.2) is 33.9 Å². The van der Waals surface area contributed by atoms with E-state index in [1.165, 1.54) is 35.1 Å². The lowest BCUT2D eigenvalue weighted by Gasteiger charge is -2.24. The van der Waals surface area contributed by atoms with E-state index in [4.69, 9.17) is 21.1 Å². The number of halogens is 2. The summed E-state index contributed by atoms with van der Waals surface area (Å²) in [7, 11) is 0. The Kier molecular flexibility index (Phi) is 7.55. The molecule has 7 nitrogen and oxygen atoms in total. The summed E-state index contributed by atoms with van der Waals surface area (Å²) in [4.78, 5) is 28.3. The van der Waals surface area contributed by atoms with Crippen molar-refractivity contribution in [2.24, 2.45) is 0 Å². The Hall–Kier alpha value is -3.56. The van der Waals surface area contributed by atoms with Crippen LogP contribution in [0.25, 0.3) is 5.69 Å². The summed E-state index contributed by atoms with van der Waals surface area (Å²) in [6.45, 7) is 6.12. The number of amides is 2. The zero-order chi connectivity index (χ0) is 27.7. The molecule has 1 N–H and O–H groups in total. The van der Waals surface area contributed by atoms with Gasteiger partial charge in [-0.25, -0.2) is 9.07 Å². The van der Waals surface area contributed by atoms with E-state index >= 15 is 0 Å². The van der Waals surface area contributed by atoms with Gasteiger partial charge in [0.25, 0.3) is 0 Å². The lowest BCUT2D eigenvalue weighted by atomic mass is 9.87. The van der Waals surface area contributed by atoms with E-state index in [1.54, 1.807) is 35.0 Å². The van der Waals surface area contributed by atoms with Crippen LogP contribution >= 0.6 is 23.4 Å². The maximum atomic E-state index is 13.9. The van der Waals surface area contributed by atoms with Gasteiger partial charge in [0.1, 0.15) is 23.9 Å². The fourth-order valence-electron chi connectivity index (χ4n) is 4.56. The maximum Gasteiger partial charge on any atom is 0.240 e. The minimum Gasteiger partial charge on any atom is -0.467 e. The van der Waals surface area contributed by atoms with Crippen LogP contribution in [0, 0.1) is 5.82 Å². The molecular weight excluding hydrogens is 539 g/mol. The Morgan fingerprint density at radius 1 is 1.15 bits per heavy atom. The van der Waals surface area contributed by atoms with Gasteiger partial charge >= 0.3 is 0 Å². The average Bonchev–Trinajstić information content (AvgIpc) is 3.53. The molecule has 3 heterocycles. The van der Waals surface area contributed by atoms with Crippen LogP contribution in [0.2, 0.25) is 5.02 Å². The topological polar surface area (TPSA) is 80.4 Å². The van der Waals surface area contributed by atoms with Gasteiger partial charge in [-0.15, -0.1) is 11.8 Å². The minimum atomic E-state index is -0.421. The zero-order valence-corrected chi connectivity index (χ0v) is 23.4. The number of benzene rings is 2.